The zero-order valence-corrected chi connectivity index (χ0v) is 31.3. The molecule has 0 atom stereocenters. The molecule has 2 nitrogen and oxygen atoms in total. The monoisotopic (exact) mass is 694 g/mol. The lowest BCUT2D eigenvalue weighted by Gasteiger charge is -2.42. The van der Waals surface area contributed by atoms with Crippen molar-refractivity contribution >= 4 is 65.2 Å². The average molecular weight is 695 g/mol. The largest absolute Gasteiger partial charge is 0.309 e. The summed E-state index contributed by atoms with van der Waals surface area (Å²) in [6.07, 6.45) is 2.36. The van der Waals surface area contributed by atoms with Crippen LogP contribution in [0.4, 0.5) is 0 Å². The Bertz CT molecular complexity index is 3140. The zero-order chi connectivity index (χ0) is 36.3. The molecule has 0 saturated carbocycles. The Kier molecular flexibility index (Phi) is 6.51. The number of aromatic nitrogens is 2. The van der Waals surface area contributed by atoms with Crippen LogP contribution in [0.5, 0.6) is 0 Å². The van der Waals surface area contributed by atoms with Crippen LogP contribution in [0.1, 0.15) is 51.7 Å². The van der Waals surface area contributed by atoms with E-state index in [0.717, 1.165) is 0 Å². The van der Waals surface area contributed by atoms with Gasteiger partial charge in [0.1, 0.15) is 0 Å². The van der Waals surface area contributed by atoms with E-state index in [1.54, 1.807) is 0 Å². The summed E-state index contributed by atoms with van der Waals surface area (Å²) in [5.74, 6) is 0. The molecule has 260 valence electrons. The molecule has 2 aromatic heterocycles. The first-order valence-electron chi connectivity index (χ1n) is 19.4. The lowest BCUT2D eigenvalue weighted by atomic mass is 9.63. The number of nitrogens with zero attached hydrogens (tertiary/aromatic N) is 2. The highest BCUT2D eigenvalue weighted by molar-refractivity contribution is 6.25. The van der Waals surface area contributed by atoms with Crippen molar-refractivity contribution in [1.82, 2.24) is 9.13 Å². The molecule has 0 radical (unpaired) electrons. The molecular weight excluding hydrogens is 653 g/mol. The second-order valence-corrected chi connectivity index (χ2v) is 16.8. The molecule has 54 heavy (non-hydrogen) atoms. The zero-order valence-electron chi connectivity index (χ0n) is 31.3. The molecule has 0 N–H and O–H groups in total. The van der Waals surface area contributed by atoms with E-state index in [2.05, 4.69) is 195 Å². The summed E-state index contributed by atoms with van der Waals surface area (Å²) in [5.41, 5.74) is 13.0. The first-order chi connectivity index (χ1) is 26.3. The molecule has 2 heteroatoms. The quantitative estimate of drug-likeness (QED) is 0.174. The Hall–Kier alpha value is -6.12. The molecule has 0 spiro atoms. The summed E-state index contributed by atoms with van der Waals surface area (Å²) < 4.78 is 5.07. The van der Waals surface area contributed by atoms with Gasteiger partial charge in [-0.25, -0.2) is 0 Å². The van der Waals surface area contributed by atoms with Gasteiger partial charge in [0.2, 0.25) is 0 Å². The Morgan fingerprint density at radius 1 is 0.407 bits per heavy atom. The molecule has 0 aliphatic heterocycles. The second kappa shape index (κ2) is 11.2. The van der Waals surface area contributed by atoms with Crippen LogP contribution in [0.2, 0.25) is 0 Å². The van der Waals surface area contributed by atoms with Crippen molar-refractivity contribution in [2.24, 2.45) is 0 Å². The number of hydrogen-bond donors (Lipinski definition) is 0. The lowest BCUT2D eigenvalue weighted by Crippen LogP contribution is -2.33. The highest BCUT2D eigenvalue weighted by Gasteiger charge is 2.38. The number of fused-ring (bicyclic) bond motifs is 10. The summed E-state index contributed by atoms with van der Waals surface area (Å²) in [6, 6.07) is 59.0. The smallest absolute Gasteiger partial charge is 0.0562 e. The number of para-hydroxylation sites is 1. The van der Waals surface area contributed by atoms with E-state index in [-0.39, 0.29) is 10.8 Å². The van der Waals surface area contributed by atoms with Crippen molar-refractivity contribution in [2.45, 2.75) is 51.4 Å². The second-order valence-electron chi connectivity index (χ2n) is 16.8. The fourth-order valence-electron chi connectivity index (χ4n) is 9.82. The molecule has 0 unspecified atom stereocenters. The topological polar surface area (TPSA) is 9.86 Å². The van der Waals surface area contributed by atoms with E-state index in [9.17, 15) is 0 Å². The van der Waals surface area contributed by atoms with Crippen LogP contribution in [0.15, 0.2) is 158 Å². The van der Waals surface area contributed by atoms with Gasteiger partial charge in [-0.15, -0.1) is 0 Å². The van der Waals surface area contributed by atoms with Gasteiger partial charge in [0, 0.05) is 32.6 Å². The van der Waals surface area contributed by atoms with Crippen molar-refractivity contribution in [2.75, 3.05) is 0 Å². The van der Waals surface area contributed by atoms with Crippen molar-refractivity contribution in [3.63, 3.8) is 0 Å². The minimum atomic E-state index is 0.0866. The highest BCUT2D eigenvalue weighted by Crippen LogP contribution is 2.50. The van der Waals surface area contributed by atoms with E-state index in [4.69, 9.17) is 0 Å². The Morgan fingerprint density at radius 2 is 1.00 bits per heavy atom. The van der Waals surface area contributed by atoms with E-state index in [0.29, 0.717) is 0 Å². The van der Waals surface area contributed by atoms with Gasteiger partial charge in [-0.1, -0.05) is 137 Å². The SMILES string of the molecule is CC1(C)CCC(C)(C)c2cc3c(cc21)c1cc2c4c5ccccc5ccc4n(-c4ccccc4)c2cc1n3-c1ccc(-c2ccccc2)c2ccccc12. The Labute approximate surface area is 315 Å². The summed E-state index contributed by atoms with van der Waals surface area (Å²) >= 11 is 0. The number of benzene rings is 8. The molecule has 0 bridgehead atoms. The number of rotatable bonds is 3. The van der Waals surface area contributed by atoms with E-state index in [1.807, 2.05) is 0 Å². The summed E-state index contributed by atoms with van der Waals surface area (Å²) in [4.78, 5) is 0. The van der Waals surface area contributed by atoms with Crippen LogP contribution in [0, 0.1) is 0 Å². The van der Waals surface area contributed by atoms with Crippen LogP contribution < -0.4 is 0 Å². The molecular formula is C52H42N2. The maximum absolute atomic E-state index is 2.59. The summed E-state index contributed by atoms with van der Waals surface area (Å²) in [6.45, 7) is 9.77. The number of hydrogen-bond acceptors (Lipinski definition) is 0. The van der Waals surface area contributed by atoms with E-state index < -0.39 is 0 Å². The van der Waals surface area contributed by atoms with Crippen molar-refractivity contribution < 1.29 is 0 Å². The van der Waals surface area contributed by atoms with Gasteiger partial charge in [0.15, 0.2) is 0 Å². The molecule has 8 aromatic carbocycles. The minimum Gasteiger partial charge on any atom is -0.309 e. The van der Waals surface area contributed by atoms with Gasteiger partial charge in [-0.2, -0.15) is 0 Å². The molecule has 10 aromatic rings. The third-order valence-corrected chi connectivity index (χ3v) is 12.8. The molecule has 1 aliphatic rings. The Morgan fingerprint density at radius 3 is 1.76 bits per heavy atom. The molecule has 1 aliphatic carbocycles. The lowest BCUT2D eigenvalue weighted by molar-refractivity contribution is 0.332. The van der Waals surface area contributed by atoms with Gasteiger partial charge in [0.25, 0.3) is 0 Å². The van der Waals surface area contributed by atoms with Crippen molar-refractivity contribution in [1.29, 1.82) is 0 Å². The first-order valence-corrected chi connectivity index (χ1v) is 19.4. The maximum Gasteiger partial charge on any atom is 0.0562 e. The maximum atomic E-state index is 2.59. The minimum absolute atomic E-state index is 0.0866. The van der Waals surface area contributed by atoms with Gasteiger partial charge in [0.05, 0.1) is 27.8 Å². The average Bonchev–Trinajstić information content (AvgIpc) is 3.70. The van der Waals surface area contributed by atoms with Crippen LogP contribution in [0.3, 0.4) is 0 Å². The Balaban J connectivity index is 1.34. The predicted octanol–water partition coefficient (Wildman–Crippen LogP) is 14.2. The van der Waals surface area contributed by atoms with Gasteiger partial charge >= 0.3 is 0 Å². The van der Waals surface area contributed by atoms with Crippen molar-refractivity contribution in [3.8, 4) is 22.5 Å². The van der Waals surface area contributed by atoms with E-state index in [1.165, 1.54) is 112 Å². The van der Waals surface area contributed by atoms with Crippen LogP contribution in [-0.2, 0) is 10.8 Å². The van der Waals surface area contributed by atoms with Crippen LogP contribution in [0.25, 0.3) is 87.7 Å². The molecule has 0 fully saturated rings. The summed E-state index contributed by atoms with van der Waals surface area (Å²) in [5, 5.41) is 10.3. The molecule has 0 saturated heterocycles. The van der Waals surface area contributed by atoms with Gasteiger partial charge in [-0.05, 0) is 111 Å². The van der Waals surface area contributed by atoms with Crippen molar-refractivity contribution in [3.05, 3.63) is 169 Å². The third kappa shape index (κ3) is 4.40. The first kappa shape index (κ1) is 31.4. The molecule has 2 heterocycles. The van der Waals surface area contributed by atoms with Crippen LogP contribution in [-0.4, -0.2) is 9.13 Å². The van der Waals surface area contributed by atoms with Gasteiger partial charge < -0.3 is 9.13 Å². The standard InChI is InChI=1S/C52H42N2/c1-51(2)27-28-52(3,4)44-31-47-41(30-43(44)51)40-29-42-49(53(35-18-9-6-10-19-35)46-25-23-34-17-11-12-20-37(34)50(42)46)32-48(40)54(47)45-26-24-36(33-15-7-5-8-16-33)38-21-13-14-22-39(38)45/h5-26,29-32H,27-28H2,1-4H3. The molecule has 11 rings (SSSR count). The van der Waals surface area contributed by atoms with E-state index >= 15 is 0 Å². The third-order valence-electron chi connectivity index (χ3n) is 12.8. The predicted molar refractivity (Wildman–Crippen MR) is 231 cm³/mol. The van der Waals surface area contributed by atoms with Gasteiger partial charge in [-0.3, -0.25) is 0 Å². The fourth-order valence-corrected chi connectivity index (χ4v) is 9.82. The highest BCUT2D eigenvalue weighted by atomic mass is 15.0. The summed E-state index contributed by atoms with van der Waals surface area (Å²) in [7, 11) is 0. The van der Waals surface area contributed by atoms with Crippen LogP contribution >= 0.6 is 0 Å². The fraction of sp³-hybridized carbons (Fsp3) is 0.154. The normalized spacial score (nSPS) is 15.2. The molecule has 0 amide bonds.